The molecule has 0 atom stereocenters. The molecule has 0 saturated carbocycles. The summed E-state index contributed by atoms with van der Waals surface area (Å²) in [6, 6.07) is 7.11. The van der Waals surface area contributed by atoms with E-state index in [9.17, 15) is 14.7 Å². The summed E-state index contributed by atoms with van der Waals surface area (Å²) >= 11 is 0. The molecule has 0 bridgehead atoms. The van der Waals surface area contributed by atoms with Crippen molar-refractivity contribution >= 4 is 23.4 Å². The first-order chi connectivity index (χ1) is 13.1. The summed E-state index contributed by atoms with van der Waals surface area (Å²) in [7, 11) is 0. The summed E-state index contributed by atoms with van der Waals surface area (Å²) in [4.78, 5) is 26.1. The van der Waals surface area contributed by atoms with Gasteiger partial charge in [0.05, 0.1) is 6.61 Å². The fourth-order valence-corrected chi connectivity index (χ4v) is 2.43. The highest BCUT2D eigenvalue weighted by Crippen LogP contribution is 2.22. The van der Waals surface area contributed by atoms with Gasteiger partial charge in [0.1, 0.15) is 18.4 Å². The van der Waals surface area contributed by atoms with Crippen LogP contribution in [-0.4, -0.2) is 42.4 Å². The third-order valence-corrected chi connectivity index (χ3v) is 3.51. The summed E-state index contributed by atoms with van der Waals surface area (Å²) < 4.78 is 10.5. The number of carbonyl (C=O) groups is 2. The Hall–Kier alpha value is -2.70. The van der Waals surface area contributed by atoms with Crippen LogP contribution in [0.3, 0.4) is 0 Å². The largest absolute Gasteiger partial charge is 0.512 e. The van der Waals surface area contributed by atoms with Gasteiger partial charge in [0.15, 0.2) is 5.76 Å². The zero-order valence-electron chi connectivity index (χ0n) is 17.6. The first-order valence-corrected chi connectivity index (χ1v) is 9.42. The Bertz CT molecular complexity index is 675. The SMILES string of the molecule is CCO/C(=C/O)c1ccc(N(CC(C)C)C(=O)CNC(=O)OC(C)(C)C)cc1. The Labute approximate surface area is 167 Å². The monoisotopic (exact) mass is 392 g/mol. The molecule has 0 saturated heterocycles. The van der Waals surface area contributed by atoms with Crippen LogP contribution < -0.4 is 10.2 Å². The minimum atomic E-state index is -0.630. The van der Waals surface area contributed by atoms with Crippen LogP contribution in [0.5, 0.6) is 0 Å². The Morgan fingerprint density at radius 3 is 2.29 bits per heavy atom. The average Bonchev–Trinajstić information content (AvgIpc) is 2.61. The number of hydrogen-bond acceptors (Lipinski definition) is 5. The van der Waals surface area contributed by atoms with Crippen molar-refractivity contribution in [3.05, 3.63) is 36.1 Å². The number of benzene rings is 1. The van der Waals surface area contributed by atoms with E-state index in [1.165, 1.54) is 0 Å². The molecule has 156 valence electrons. The van der Waals surface area contributed by atoms with Gasteiger partial charge in [0.2, 0.25) is 5.91 Å². The second-order valence-corrected chi connectivity index (χ2v) is 7.73. The summed E-state index contributed by atoms with van der Waals surface area (Å²) in [5, 5.41) is 11.8. The van der Waals surface area contributed by atoms with Crippen LogP contribution in [0.2, 0.25) is 0 Å². The molecule has 1 aromatic rings. The highest BCUT2D eigenvalue weighted by molar-refractivity contribution is 5.96. The number of aliphatic hydroxyl groups is 1. The Kier molecular flexibility index (Phi) is 8.82. The second kappa shape index (κ2) is 10.6. The molecular weight excluding hydrogens is 360 g/mol. The van der Waals surface area contributed by atoms with Crippen LogP contribution in [0.4, 0.5) is 10.5 Å². The van der Waals surface area contributed by atoms with Gasteiger partial charge in [-0.3, -0.25) is 4.79 Å². The van der Waals surface area contributed by atoms with Crippen LogP contribution in [0.1, 0.15) is 47.1 Å². The Balaban J connectivity index is 2.89. The number of hydrogen-bond donors (Lipinski definition) is 2. The molecule has 7 nitrogen and oxygen atoms in total. The fraction of sp³-hybridized carbons (Fsp3) is 0.524. The second-order valence-electron chi connectivity index (χ2n) is 7.73. The lowest BCUT2D eigenvalue weighted by atomic mass is 10.1. The first kappa shape index (κ1) is 23.3. The molecule has 0 heterocycles. The van der Waals surface area contributed by atoms with E-state index in [1.54, 1.807) is 49.9 Å². The Morgan fingerprint density at radius 2 is 1.82 bits per heavy atom. The van der Waals surface area contributed by atoms with Crippen molar-refractivity contribution in [3.8, 4) is 0 Å². The van der Waals surface area contributed by atoms with Crippen LogP contribution in [0, 0.1) is 5.92 Å². The van der Waals surface area contributed by atoms with Crippen molar-refractivity contribution in [3.63, 3.8) is 0 Å². The van der Waals surface area contributed by atoms with E-state index in [0.29, 0.717) is 30.2 Å². The number of nitrogens with zero attached hydrogens (tertiary/aromatic N) is 1. The molecule has 1 rings (SSSR count). The maximum absolute atomic E-state index is 12.7. The van der Waals surface area contributed by atoms with Crippen molar-refractivity contribution < 1.29 is 24.2 Å². The molecule has 0 aliphatic carbocycles. The van der Waals surface area contributed by atoms with Gasteiger partial charge in [-0.05, 0) is 57.9 Å². The molecular formula is C21H32N2O5. The van der Waals surface area contributed by atoms with Gasteiger partial charge < -0.3 is 24.8 Å². The third-order valence-electron chi connectivity index (χ3n) is 3.51. The van der Waals surface area contributed by atoms with E-state index in [1.807, 2.05) is 20.8 Å². The van der Waals surface area contributed by atoms with Gasteiger partial charge in [0, 0.05) is 17.8 Å². The molecule has 0 aromatic heterocycles. The fourth-order valence-electron chi connectivity index (χ4n) is 2.43. The predicted octanol–water partition coefficient (Wildman–Crippen LogP) is 4.09. The van der Waals surface area contributed by atoms with Crippen molar-refractivity contribution in [2.24, 2.45) is 5.92 Å². The third kappa shape index (κ3) is 7.90. The number of nitrogens with one attached hydrogen (secondary N) is 1. The van der Waals surface area contributed by atoms with Crippen molar-refractivity contribution in [2.45, 2.75) is 47.1 Å². The quantitative estimate of drug-likeness (QED) is 0.651. The lowest BCUT2D eigenvalue weighted by Gasteiger charge is -2.26. The Morgan fingerprint density at radius 1 is 1.21 bits per heavy atom. The lowest BCUT2D eigenvalue weighted by molar-refractivity contribution is -0.118. The van der Waals surface area contributed by atoms with Crippen molar-refractivity contribution in [1.29, 1.82) is 0 Å². The number of amides is 2. The molecule has 0 fully saturated rings. The van der Waals surface area contributed by atoms with Crippen LogP contribution in [0.15, 0.2) is 30.5 Å². The van der Waals surface area contributed by atoms with Gasteiger partial charge in [-0.1, -0.05) is 13.8 Å². The smallest absolute Gasteiger partial charge is 0.408 e. The number of aliphatic hydroxyl groups excluding tert-OH is 1. The molecule has 2 amide bonds. The molecule has 0 aliphatic rings. The van der Waals surface area contributed by atoms with E-state index in [0.717, 1.165) is 6.26 Å². The maximum atomic E-state index is 12.7. The minimum Gasteiger partial charge on any atom is -0.512 e. The van der Waals surface area contributed by atoms with E-state index in [2.05, 4.69) is 5.32 Å². The molecule has 1 aromatic carbocycles. The number of rotatable bonds is 8. The van der Waals surface area contributed by atoms with E-state index >= 15 is 0 Å². The topological polar surface area (TPSA) is 88.1 Å². The van der Waals surface area contributed by atoms with E-state index in [-0.39, 0.29) is 18.4 Å². The highest BCUT2D eigenvalue weighted by Gasteiger charge is 2.20. The standard InChI is InChI=1S/C21H32N2O5/c1-7-27-18(14-24)16-8-10-17(11-9-16)23(13-15(2)3)19(25)12-22-20(26)28-21(4,5)6/h8-11,14-15,24H,7,12-13H2,1-6H3,(H,22,26)/b18-14+. The lowest BCUT2D eigenvalue weighted by Crippen LogP contribution is -2.43. The molecule has 0 unspecified atom stereocenters. The zero-order chi connectivity index (χ0) is 21.3. The zero-order valence-corrected chi connectivity index (χ0v) is 17.6. The molecule has 0 radical (unpaired) electrons. The summed E-state index contributed by atoms with van der Waals surface area (Å²) in [5.41, 5.74) is 0.776. The summed E-state index contributed by atoms with van der Waals surface area (Å²) in [5.74, 6) is 0.360. The van der Waals surface area contributed by atoms with Crippen LogP contribution >= 0.6 is 0 Å². The van der Waals surface area contributed by atoms with Gasteiger partial charge in [-0.25, -0.2) is 4.79 Å². The maximum Gasteiger partial charge on any atom is 0.408 e. The van der Waals surface area contributed by atoms with Crippen LogP contribution in [-0.2, 0) is 14.3 Å². The van der Waals surface area contributed by atoms with Gasteiger partial charge in [-0.2, -0.15) is 0 Å². The predicted molar refractivity (Wildman–Crippen MR) is 110 cm³/mol. The average molecular weight is 392 g/mol. The number of anilines is 1. The van der Waals surface area contributed by atoms with Crippen molar-refractivity contribution in [1.82, 2.24) is 5.32 Å². The molecule has 0 spiro atoms. The van der Waals surface area contributed by atoms with Gasteiger partial charge >= 0.3 is 6.09 Å². The molecule has 0 aliphatic heterocycles. The molecule has 2 N–H and O–H groups in total. The normalized spacial score (nSPS) is 11.9. The number of carbonyl (C=O) groups excluding carboxylic acids is 2. The number of alkyl carbamates (subject to hydrolysis) is 1. The summed E-state index contributed by atoms with van der Waals surface area (Å²) in [6.45, 7) is 11.9. The van der Waals surface area contributed by atoms with E-state index < -0.39 is 11.7 Å². The number of ether oxygens (including phenoxy) is 2. The summed E-state index contributed by atoms with van der Waals surface area (Å²) in [6.07, 6.45) is 0.287. The minimum absolute atomic E-state index is 0.163. The molecule has 7 heteroatoms. The van der Waals surface area contributed by atoms with Gasteiger partial charge in [-0.15, -0.1) is 0 Å². The van der Waals surface area contributed by atoms with Gasteiger partial charge in [0.25, 0.3) is 0 Å². The van der Waals surface area contributed by atoms with E-state index in [4.69, 9.17) is 9.47 Å². The first-order valence-electron chi connectivity index (χ1n) is 9.42. The molecule has 28 heavy (non-hydrogen) atoms. The highest BCUT2D eigenvalue weighted by atomic mass is 16.6. The van der Waals surface area contributed by atoms with Crippen molar-refractivity contribution in [2.75, 3.05) is 24.6 Å². The van der Waals surface area contributed by atoms with Crippen LogP contribution in [0.25, 0.3) is 5.76 Å².